The predicted octanol–water partition coefficient (Wildman–Crippen LogP) is 2.03. The van der Waals surface area contributed by atoms with E-state index in [0.29, 0.717) is 43.3 Å². The first-order valence-electron chi connectivity index (χ1n) is 9.82. The molecule has 1 fully saturated rings. The van der Waals surface area contributed by atoms with Crippen LogP contribution in [0.4, 0.5) is 11.5 Å². The van der Waals surface area contributed by atoms with Crippen LogP contribution in [0.15, 0.2) is 29.9 Å². The van der Waals surface area contributed by atoms with Crippen molar-refractivity contribution in [2.75, 3.05) is 18.5 Å². The van der Waals surface area contributed by atoms with Gasteiger partial charge in [0.25, 0.3) is 5.91 Å². The number of benzene rings is 1. The van der Waals surface area contributed by atoms with Gasteiger partial charge < -0.3 is 25.5 Å². The first kappa shape index (κ1) is 20.0. The Kier molecular flexibility index (Phi) is 5.48. The van der Waals surface area contributed by atoms with Crippen LogP contribution in [0.2, 0.25) is 0 Å². The number of carbonyl (C=O) groups is 1. The number of anilines is 2. The summed E-state index contributed by atoms with van der Waals surface area (Å²) in [7, 11) is -0.940. The van der Waals surface area contributed by atoms with Gasteiger partial charge in [-0.15, -0.1) is 0 Å². The molecule has 2 unspecified atom stereocenters. The van der Waals surface area contributed by atoms with Crippen molar-refractivity contribution in [3.8, 4) is 11.8 Å². The van der Waals surface area contributed by atoms with Crippen molar-refractivity contribution in [3.05, 3.63) is 41.0 Å². The van der Waals surface area contributed by atoms with E-state index in [2.05, 4.69) is 16.5 Å². The fraction of sp³-hybridized carbons (Fsp3) is 0.350. The smallest absolute Gasteiger partial charge is 0.532 e. The van der Waals surface area contributed by atoms with Crippen LogP contribution in [0, 0.1) is 17.2 Å². The van der Waals surface area contributed by atoms with Crippen LogP contribution in [0.1, 0.15) is 41.7 Å². The molecular weight excluding hydrogens is 385 g/mol. The van der Waals surface area contributed by atoms with Crippen LogP contribution in [0.3, 0.4) is 0 Å². The maximum absolute atomic E-state index is 12.0. The Labute approximate surface area is 174 Å². The summed E-state index contributed by atoms with van der Waals surface area (Å²) < 4.78 is 12.6. The molecule has 0 saturated carbocycles. The van der Waals surface area contributed by atoms with Gasteiger partial charge in [-0.2, -0.15) is 10.4 Å². The Bertz CT molecular complexity index is 1040. The quantitative estimate of drug-likeness (QED) is 0.646. The van der Waals surface area contributed by atoms with Crippen molar-refractivity contribution in [2.24, 2.45) is 11.7 Å². The van der Waals surface area contributed by atoms with E-state index in [9.17, 15) is 15.1 Å². The van der Waals surface area contributed by atoms with Crippen LogP contribution < -0.4 is 15.7 Å². The largest absolute Gasteiger partial charge is 0.555 e. The van der Waals surface area contributed by atoms with E-state index < -0.39 is 13.0 Å². The Balaban J connectivity index is 1.64. The van der Waals surface area contributed by atoms with Gasteiger partial charge in [0.05, 0.1) is 24.6 Å². The summed E-state index contributed by atoms with van der Waals surface area (Å²) >= 11 is 0. The molecule has 1 aromatic carbocycles. The molecule has 3 heterocycles. The number of nitrogens with zero attached hydrogens (tertiary/aromatic N) is 3. The number of nitrogens with one attached hydrogen (secondary N) is 1. The van der Waals surface area contributed by atoms with E-state index in [1.807, 2.05) is 19.1 Å². The second-order valence-corrected chi connectivity index (χ2v) is 7.32. The predicted molar refractivity (Wildman–Crippen MR) is 111 cm³/mol. The molecule has 1 aromatic heterocycles. The molecule has 9 nitrogen and oxygen atoms in total. The number of allylic oxidation sites excluding steroid dienone is 1. The lowest BCUT2D eigenvalue weighted by Gasteiger charge is -2.26. The van der Waals surface area contributed by atoms with Crippen molar-refractivity contribution >= 4 is 30.6 Å². The first-order chi connectivity index (χ1) is 14.5. The SMILES string of the molecule is CCC1=Cc2cc(Nc3nn(C4COCCC4C#N)cc3C(N)=O)ccc2OB1O. The molecule has 2 aliphatic heterocycles. The minimum atomic E-state index is -0.940. The number of hydrogen-bond donors (Lipinski definition) is 3. The van der Waals surface area contributed by atoms with Gasteiger partial charge in [0.15, 0.2) is 5.82 Å². The standard InChI is InChI=1S/C20H22BN5O4/c1-2-14-7-13-8-15(3-4-18(13)30-21(14)28)24-20-16(19(23)27)10-26(25-20)17-11-29-6-5-12(17)9-22/h3-4,7-8,10,12,17,28H,2,5-6,11H2,1H3,(H2,23,27)(H,24,25). The van der Waals surface area contributed by atoms with Crippen molar-refractivity contribution in [2.45, 2.75) is 25.8 Å². The number of nitrogens with two attached hydrogens (primary N) is 1. The second kappa shape index (κ2) is 8.22. The zero-order valence-electron chi connectivity index (χ0n) is 16.5. The average molecular weight is 407 g/mol. The molecule has 30 heavy (non-hydrogen) atoms. The Morgan fingerprint density at radius 2 is 2.37 bits per heavy atom. The third-order valence-electron chi connectivity index (χ3n) is 5.41. The van der Waals surface area contributed by atoms with Crippen molar-refractivity contribution in [1.29, 1.82) is 5.26 Å². The number of ether oxygens (including phenoxy) is 1. The van der Waals surface area contributed by atoms with E-state index in [1.54, 1.807) is 23.0 Å². The Hall–Kier alpha value is -3.29. The highest BCUT2D eigenvalue weighted by Gasteiger charge is 2.30. The number of nitriles is 1. The molecule has 10 heteroatoms. The molecular formula is C20H22BN5O4. The van der Waals surface area contributed by atoms with E-state index in [1.165, 1.54) is 0 Å². The molecule has 2 atom stereocenters. The first-order valence-corrected chi connectivity index (χ1v) is 9.82. The summed E-state index contributed by atoms with van der Waals surface area (Å²) in [5, 5.41) is 27.0. The van der Waals surface area contributed by atoms with E-state index in [-0.39, 0.29) is 17.5 Å². The number of aromatic nitrogens is 2. The van der Waals surface area contributed by atoms with Crippen LogP contribution in [-0.4, -0.2) is 41.0 Å². The van der Waals surface area contributed by atoms with Crippen LogP contribution in [0.25, 0.3) is 6.08 Å². The normalized spacial score (nSPS) is 20.6. The van der Waals surface area contributed by atoms with E-state index in [4.69, 9.17) is 15.1 Å². The second-order valence-electron chi connectivity index (χ2n) is 7.32. The lowest BCUT2D eigenvalue weighted by Crippen LogP contribution is -2.29. The Morgan fingerprint density at radius 3 is 3.10 bits per heavy atom. The molecule has 2 aromatic rings. The van der Waals surface area contributed by atoms with Gasteiger partial charge >= 0.3 is 7.12 Å². The number of rotatable bonds is 5. The van der Waals surface area contributed by atoms with Gasteiger partial charge in [-0.05, 0) is 36.5 Å². The third kappa shape index (κ3) is 3.77. The van der Waals surface area contributed by atoms with Crippen molar-refractivity contribution in [1.82, 2.24) is 9.78 Å². The molecule has 1 amide bonds. The van der Waals surface area contributed by atoms with Crippen LogP contribution >= 0.6 is 0 Å². The zero-order valence-corrected chi connectivity index (χ0v) is 16.5. The lowest BCUT2D eigenvalue weighted by molar-refractivity contribution is 0.0342. The van der Waals surface area contributed by atoms with Gasteiger partial charge in [0.2, 0.25) is 0 Å². The topological polar surface area (TPSA) is 135 Å². The van der Waals surface area contributed by atoms with Crippen molar-refractivity contribution < 1.29 is 19.2 Å². The molecule has 0 bridgehead atoms. The third-order valence-corrected chi connectivity index (χ3v) is 5.41. The van der Waals surface area contributed by atoms with Gasteiger partial charge in [-0.3, -0.25) is 9.48 Å². The van der Waals surface area contributed by atoms with Gasteiger partial charge in [0.1, 0.15) is 11.3 Å². The van der Waals surface area contributed by atoms with Crippen LogP contribution in [-0.2, 0) is 4.74 Å². The molecule has 0 radical (unpaired) electrons. The molecule has 1 saturated heterocycles. The number of primary amides is 1. The zero-order chi connectivity index (χ0) is 21.3. The molecule has 2 aliphatic rings. The molecule has 4 N–H and O–H groups in total. The van der Waals surface area contributed by atoms with Gasteiger partial charge in [-0.1, -0.05) is 13.0 Å². The highest BCUT2D eigenvalue weighted by Crippen LogP contribution is 2.33. The minimum Gasteiger partial charge on any atom is -0.532 e. The highest BCUT2D eigenvalue weighted by molar-refractivity contribution is 6.54. The summed E-state index contributed by atoms with van der Waals surface area (Å²) in [5.74, 6) is 0.00649. The molecule has 154 valence electrons. The minimum absolute atomic E-state index is 0.228. The van der Waals surface area contributed by atoms with Gasteiger partial charge in [-0.25, -0.2) is 0 Å². The maximum Gasteiger partial charge on any atom is 0.555 e. The van der Waals surface area contributed by atoms with Crippen molar-refractivity contribution in [3.63, 3.8) is 0 Å². The fourth-order valence-corrected chi connectivity index (χ4v) is 3.70. The summed E-state index contributed by atoms with van der Waals surface area (Å²) in [5.41, 5.74) is 8.06. The monoisotopic (exact) mass is 407 g/mol. The molecule has 4 rings (SSSR count). The summed E-state index contributed by atoms with van der Waals surface area (Å²) in [4.78, 5) is 12.0. The fourth-order valence-electron chi connectivity index (χ4n) is 3.70. The number of hydrogen-bond acceptors (Lipinski definition) is 7. The summed E-state index contributed by atoms with van der Waals surface area (Å²) in [6.45, 7) is 2.82. The summed E-state index contributed by atoms with van der Waals surface area (Å²) in [6, 6.07) is 7.36. The number of amides is 1. The average Bonchev–Trinajstić information content (AvgIpc) is 3.17. The van der Waals surface area contributed by atoms with E-state index >= 15 is 0 Å². The van der Waals surface area contributed by atoms with Gasteiger partial charge in [0, 0.05) is 24.1 Å². The Morgan fingerprint density at radius 1 is 1.53 bits per heavy atom. The highest BCUT2D eigenvalue weighted by atomic mass is 16.5. The maximum atomic E-state index is 12.0. The number of fused-ring (bicyclic) bond motifs is 1. The molecule has 0 aliphatic carbocycles. The van der Waals surface area contributed by atoms with Crippen LogP contribution in [0.5, 0.6) is 5.75 Å². The van der Waals surface area contributed by atoms with E-state index in [0.717, 1.165) is 11.0 Å². The molecule has 0 spiro atoms. The summed E-state index contributed by atoms with van der Waals surface area (Å²) in [6.07, 6.45) is 4.72. The lowest BCUT2D eigenvalue weighted by atomic mass is 9.74. The number of carbonyl (C=O) groups excluding carboxylic acids is 1.